The van der Waals surface area contributed by atoms with E-state index in [0.29, 0.717) is 8.58 Å². The summed E-state index contributed by atoms with van der Waals surface area (Å²) in [5.41, 5.74) is 6.61. The highest BCUT2D eigenvalue weighted by Gasteiger charge is 2.34. The minimum absolute atomic E-state index is 0.00293. The molecule has 3 aromatic carbocycles. The van der Waals surface area contributed by atoms with Crippen molar-refractivity contribution in [1.82, 2.24) is 4.90 Å². The van der Waals surface area contributed by atoms with Crippen LogP contribution in [0, 0.1) is 6.92 Å². The molecule has 0 aromatic heterocycles. The molecule has 3 rings (SSSR count). The zero-order valence-electron chi connectivity index (χ0n) is 21.7. The molecule has 0 radical (unpaired) electrons. The number of nitrogens with zero attached hydrogens (tertiary/aromatic N) is 1. The summed E-state index contributed by atoms with van der Waals surface area (Å²) in [5, 5.41) is 1.49. The molecule has 4 heteroatoms. The van der Waals surface area contributed by atoms with Gasteiger partial charge in [0, 0.05) is 30.8 Å². The Hall–Kier alpha value is -2.19. The Morgan fingerprint density at radius 2 is 1.53 bits per heavy atom. The molecule has 34 heavy (non-hydrogen) atoms. The van der Waals surface area contributed by atoms with Gasteiger partial charge in [0.15, 0.2) is 6.79 Å². The molecule has 0 heterocycles. The predicted molar refractivity (Wildman–Crippen MR) is 147 cm³/mol. The van der Waals surface area contributed by atoms with Gasteiger partial charge in [-0.1, -0.05) is 89.2 Å². The summed E-state index contributed by atoms with van der Waals surface area (Å²) in [6.45, 7) is 8.11. The summed E-state index contributed by atoms with van der Waals surface area (Å²) in [6.07, 6.45) is 2.95. The molecule has 0 saturated heterocycles. The Bertz CT molecular complexity index is 1040. The summed E-state index contributed by atoms with van der Waals surface area (Å²) >= 11 is 0. The van der Waals surface area contributed by atoms with Crippen LogP contribution in [0.15, 0.2) is 66.7 Å². The molecule has 0 spiro atoms. The molecule has 1 unspecified atom stereocenters. The number of para-hydroxylation sites is 1. The van der Waals surface area contributed by atoms with Gasteiger partial charge in [0.1, 0.15) is 5.75 Å². The van der Waals surface area contributed by atoms with E-state index in [0.717, 1.165) is 31.6 Å². The molecule has 3 nitrogen and oxygen atoms in total. The van der Waals surface area contributed by atoms with Gasteiger partial charge in [-0.3, -0.25) is 0 Å². The van der Waals surface area contributed by atoms with E-state index in [1.165, 1.54) is 33.1 Å². The van der Waals surface area contributed by atoms with E-state index in [9.17, 15) is 0 Å². The highest BCUT2D eigenvalue weighted by molar-refractivity contribution is 7.48. The van der Waals surface area contributed by atoms with E-state index in [1.807, 2.05) is 0 Å². The van der Waals surface area contributed by atoms with Gasteiger partial charge < -0.3 is 14.4 Å². The SMILES string of the molecule is CCC(CC)(Pc1c(C)cccc1CN(C)C)c1cccc(Cc2ccccc2)c1OCOC. The van der Waals surface area contributed by atoms with Crippen LogP contribution in [0.25, 0.3) is 0 Å². The lowest BCUT2D eigenvalue weighted by molar-refractivity contribution is 0.0493. The standard InChI is InChI=1S/C30H40NO2P/c1-7-30(8-2,34-29-23(3)14-12-18-26(29)21-31(4)5)27-19-13-17-25(28(27)33-22-32-6)20-24-15-10-9-11-16-24/h9-19,34H,7-8,20-22H2,1-6H3. The van der Waals surface area contributed by atoms with Crippen LogP contribution in [0.4, 0.5) is 0 Å². The van der Waals surface area contributed by atoms with E-state index in [1.54, 1.807) is 7.11 Å². The number of ether oxygens (including phenoxy) is 2. The second-order valence-electron chi connectivity index (χ2n) is 9.27. The second kappa shape index (κ2) is 12.5. The molecule has 0 N–H and O–H groups in total. The third-order valence-electron chi connectivity index (χ3n) is 6.59. The summed E-state index contributed by atoms with van der Waals surface area (Å²) in [7, 11) is 6.64. The van der Waals surface area contributed by atoms with E-state index in [4.69, 9.17) is 9.47 Å². The smallest absolute Gasteiger partial charge is 0.188 e. The van der Waals surface area contributed by atoms with E-state index < -0.39 is 0 Å². The first-order valence-corrected chi connectivity index (χ1v) is 13.2. The number of methoxy groups -OCH3 is 1. The average Bonchev–Trinajstić information content (AvgIpc) is 2.84. The summed E-state index contributed by atoms with van der Waals surface area (Å²) < 4.78 is 11.7. The molecule has 0 saturated carbocycles. The largest absolute Gasteiger partial charge is 0.467 e. The summed E-state index contributed by atoms with van der Waals surface area (Å²) in [6, 6.07) is 24.1. The minimum atomic E-state index is 0.00293. The van der Waals surface area contributed by atoms with E-state index in [2.05, 4.69) is 106 Å². The van der Waals surface area contributed by atoms with Crippen molar-refractivity contribution in [3.05, 3.63) is 94.5 Å². The summed E-state index contributed by atoms with van der Waals surface area (Å²) in [5.74, 6) is 0.993. The van der Waals surface area contributed by atoms with Crippen LogP contribution in [0.1, 0.15) is 54.5 Å². The molecule has 0 fully saturated rings. The second-order valence-corrected chi connectivity index (χ2v) is 11.0. The van der Waals surface area contributed by atoms with Gasteiger partial charge in [-0.05, 0) is 61.4 Å². The number of benzene rings is 3. The first kappa shape index (κ1) is 26.4. The van der Waals surface area contributed by atoms with Crippen molar-refractivity contribution in [1.29, 1.82) is 0 Å². The number of hydrogen-bond acceptors (Lipinski definition) is 3. The van der Waals surface area contributed by atoms with Gasteiger partial charge in [-0.15, -0.1) is 0 Å². The third kappa shape index (κ3) is 6.27. The maximum Gasteiger partial charge on any atom is 0.188 e. The maximum absolute atomic E-state index is 6.34. The topological polar surface area (TPSA) is 21.7 Å². The Kier molecular flexibility index (Phi) is 9.71. The monoisotopic (exact) mass is 477 g/mol. The Morgan fingerprint density at radius 3 is 2.18 bits per heavy atom. The molecule has 0 aliphatic rings. The Balaban J connectivity index is 2.11. The lowest BCUT2D eigenvalue weighted by Gasteiger charge is -2.36. The zero-order chi connectivity index (χ0) is 24.6. The Labute approximate surface area is 208 Å². The Morgan fingerprint density at radius 1 is 0.853 bits per heavy atom. The molecular formula is C30H40NO2P. The molecule has 0 amide bonds. The van der Waals surface area contributed by atoms with Crippen LogP contribution in [0.2, 0.25) is 0 Å². The normalized spacial score (nSPS) is 12.1. The fourth-order valence-corrected chi connectivity index (χ4v) is 6.47. The van der Waals surface area contributed by atoms with Crippen molar-refractivity contribution < 1.29 is 9.47 Å². The maximum atomic E-state index is 6.34. The fraction of sp³-hybridized carbons (Fsp3) is 0.400. The number of hydrogen-bond donors (Lipinski definition) is 0. The van der Waals surface area contributed by atoms with Gasteiger partial charge in [0.05, 0.1) is 0 Å². The fourth-order valence-electron chi connectivity index (χ4n) is 4.70. The molecule has 3 aromatic rings. The zero-order valence-corrected chi connectivity index (χ0v) is 22.7. The quantitative estimate of drug-likeness (QED) is 0.215. The van der Waals surface area contributed by atoms with Crippen LogP contribution < -0.4 is 10.0 Å². The molecule has 0 aliphatic heterocycles. The molecule has 182 valence electrons. The first-order chi connectivity index (χ1) is 16.4. The van der Waals surface area contributed by atoms with Gasteiger partial charge in [0.25, 0.3) is 0 Å². The number of aryl methyl sites for hydroxylation is 1. The van der Waals surface area contributed by atoms with Crippen molar-refractivity contribution in [2.75, 3.05) is 28.0 Å². The van der Waals surface area contributed by atoms with Gasteiger partial charge in [0.2, 0.25) is 0 Å². The minimum Gasteiger partial charge on any atom is -0.467 e. The van der Waals surface area contributed by atoms with Crippen molar-refractivity contribution >= 4 is 13.9 Å². The number of rotatable bonds is 12. The van der Waals surface area contributed by atoms with Crippen LogP contribution in [-0.4, -0.2) is 32.9 Å². The van der Waals surface area contributed by atoms with Crippen LogP contribution in [-0.2, 0) is 22.9 Å². The van der Waals surface area contributed by atoms with E-state index in [-0.39, 0.29) is 11.9 Å². The molecule has 1 atom stereocenters. The lowest BCUT2D eigenvalue weighted by atomic mass is 9.89. The van der Waals surface area contributed by atoms with Gasteiger partial charge >= 0.3 is 0 Å². The molecule has 0 bridgehead atoms. The highest BCUT2D eigenvalue weighted by Crippen LogP contribution is 2.51. The van der Waals surface area contributed by atoms with Crippen LogP contribution in [0.5, 0.6) is 5.75 Å². The van der Waals surface area contributed by atoms with Gasteiger partial charge in [-0.2, -0.15) is 0 Å². The highest BCUT2D eigenvalue weighted by atomic mass is 31.1. The summed E-state index contributed by atoms with van der Waals surface area (Å²) in [4.78, 5) is 2.26. The van der Waals surface area contributed by atoms with Crippen LogP contribution >= 0.6 is 8.58 Å². The van der Waals surface area contributed by atoms with Crippen molar-refractivity contribution in [2.24, 2.45) is 0 Å². The van der Waals surface area contributed by atoms with Crippen molar-refractivity contribution in [2.45, 2.75) is 51.7 Å². The molecule has 0 aliphatic carbocycles. The van der Waals surface area contributed by atoms with Crippen molar-refractivity contribution in [3.63, 3.8) is 0 Å². The van der Waals surface area contributed by atoms with E-state index >= 15 is 0 Å². The van der Waals surface area contributed by atoms with Gasteiger partial charge in [-0.25, -0.2) is 0 Å². The molecular weight excluding hydrogens is 437 g/mol. The van der Waals surface area contributed by atoms with Crippen molar-refractivity contribution in [3.8, 4) is 5.75 Å². The first-order valence-electron chi connectivity index (χ1n) is 12.2. The average molecular weight is 478 g/mol. The van der Waals surface area contributed by atoms with Crippen LogP contribution in [0.3, 0.4) is 0 Å². The lowest BCUT2D eigenvalue weighted by Crippen LogP contribution is -2.27. The third-order valence-corrected chi connectivity index (χ3v) is 9.01. The predicted octanol–water partition coefficient (Wildman–Crippen LogP) is 6.65.